The van der Waals surface area contributed by atoms with Crippen LogP contribution < -0.4 is 0 Å². The molecular formula is C12H10N2O. The lowest BCUT2D eigenvalue weighted by Crippen LogP contribution is -1.92. The topological polar surface area (TPSA) is 56.6 Å². The number of H-pyrrole nitrogens is 1. The number of aryl methyl sites for hydroxylation is 1. The second-order valence-electron chi connectivity index (χ2n) is 3.52. The number of hydrogen-bond donors (Lipinski definition) is 1. The van der Waals surface area contributed by atoms with Crippen LogP contribution in [-0.4, -0.2) is 10.8 Å². The summed E-state index contributed by atoms with van der Waals surface area (Å²) in [5.74, 6) is 0.0221. The number of hydrogen-bond acceptors (Lipinski definition) is 2. The van der Waals surface area contributed by atoms with Crippen LogP contribution in [0.2, 0.25) is 0 Å². The number of aromatic nitrogens is 1. The molecule has 1 heterocycles. The number of carbonyl (C=O) groups excluding carboxylic acids is 1. The maximum absolute atomic E-state index is 11.4. The molecule has 2 rings (SSSR count). The van der Waals surface area contributed by atoms with E-state index in [9.17, 15) is 4.79 Å². The lowest BCUT2D eigenvalue weighted by atomic mass is 10.1. The first kappa shape index (κ1) is 9.47. The Balaban J connectivity index is 2.92. The number of para-hydroxylation sites is 1. The average Bonchev–Trinajstić information content (AvgIpc) is 2.53. The molecule has 0 radical (unpaired) electrons. The summed E-state index contributed by atoms with van der Waals surface area (Å²) in [7, 11) is 0. The van der Waals surface area contributed by atoms with Gasteiger partial charge in [0.2, 0.25) is 0 Å². The number of nitrogens with one attached hydrogen (secondary N) is 1. The molecule has 0 saturated heterocycles. The van der Waals surface area contributed by atoms with Gasteiger partial charge in [-0.05, 0) is 19.9 Å². The summed E-state index contributed by atoms with van der Waals surface area (Å²) in [5.41, 5.74) is 2.83. The summed E-state index contributed by atoms with van der Waals surface area (Å²) in [5, 5.41) is 9.75. The van der Waals surface area contributed by atoms with E-state index >= 15 is 0 Å². The van der Waals surface area contributed by atoms with Gasteiger partial charge in [0.1, 0.15) is 6.07 Å². The lowest BCUT2D eigenvalue weighted by Gasteiger charge is -1.94. The molecular weight excluding hydrogens is 188 g/mol. The molecule has 0 atom stereocenters. The zero-order chi connectivity index (χ0) is 11.0. The molecule has 0 bridgehead atoms. The summed E-state index contributed by atoms with van der Waals surface area (Å²) in [6.45, 7) is 3.38. The molecule has 0 saturated carbocycles. The third-order valence-corrected chi connectivity index (χ3v) is 2.49. The molecule has 0 aliphatic heterocycles. The van der Waals surface area contributed by atoms with E-state index in [-0.39, 0.29) is 5.78 Å². The number of aromatic amines is 1. The Morgan fingerprint density at radius 3 is 2.80 bits per heavy atom. The van der Waals surface area contributed by atoms with Crippen molar-refractivity contribution in [2.75, 3.05) is 0 Å². The highest BCUT2D eigenvalue weighted by molar-refractivity contribution is 6.09. The maximum Gasteiger partial charge on any atom is 0.162 e. The predicted molar refractivity (Wildman–Crippen MR) is 57.8 cm³/mol. The number of ketones is 1. The molecule has 74 valence electrons. The number of Topliss-reactive ketones (excluding diaryl/α,β-unsaturated/α-hetero) is 1. The average molecular weight is 198 g/mol. The van der Waals surface area contributed by atoms with Gasteiger partial charge in [0.15, 0.2) is 5.78 Å². The normalized spacial score (nSPS) is 10.2. The van der Waals surface area contributed by atoms with E-state index < -0.39 is 0 Å². The van der Waals surface area contributed by atoms with Crippen molar-refractivity contribution in [3.05, 3.63) is 35.0 Å². The maximum atomic E-state index is 11.4. The highest BCUT2D eigenvalue weighted by atomic mass is 16.1. The fraction of sp³-hybridized carbons (Fsp3) is 0.167. The molecule has 0 aliphatic carbocycles. The van der Waals surface area contributed by atoms with Gasteiger partial charge < -0.3 is 4.98 Å². The van der Waals surface area contributed by atoms with Crippen LogP contribution in [0.4, 0.5) is 0 Å². The third-order valence-electron chi connectivity index (χ3n) is 2.49. The zero-order valence-electron chi connectivity index (χ0n) is 8.59. The molecule has 0 fully saturated rings. The third kappa shape index (κ3) is 1.31. The minimum atomic E-state index is 0.0221. The van der Waals surface area contributed by atoms with E-state index in [0.717, 1.165) is 16.6 Å². The number of nitriles is 1. The first-order chi connectivity index (χ1) is 7.15. The Morgan fingerprint density at radius 2 is 2.20 bits per heavy atom. The molecule has 2 aromatic rings. The second-order valence-corrected chi connectivity index (χ2v) is 3.52. The SMILES string of the molecule is CC(=O)c1c(C)[nH]c2c(C#N)cccc12. The Morgan fingerprint density at radius 1 is 1.47 bits per heavy atom. The van der Waals surface area contributed by atoms with E-state index in [1.807, 2.05) is 13.0 Å². The van der Waals surface area contributed by atoms with Gasteiger partial charge in [0, 0.05) is 16.6 Å². The van der Waals surface area contributed by atoms with Gasteiger partial charge in [-0.3, -0.25) is 4.79 Å². The summed E-state index contributed by atoms with van der Waals surface area (Å²) < 4.78 is 0. The van der Waals surface area contributed by atoms with Gasteiger partial charge in [0.05, 0.1) is 11.1 Å². The Labute approximate surface area is 87.3 Å². The number of rotatable bonds is 1. The van der Waals surface area contributed by atoms with Crippen molar-refractivity contribution in [1.82, 2.24) is 4.98 Å². The van der Waals surface area contributed by atoms with Gasteiger partial charge in [-0.25, -0.2) is 0 Å². The largest absolute Gasteiger partial charge is 0.357 e. The van der Waals surface area contributed by atoms with Crippen molar-refractivity contribution in [1.29, 1.82) is 5.26 Å². The molecule has 1 N–H and O–H groups in total. The Bertz CT molecular complexity index is 587. The van der Waals surface area contributed by atoms with Crippen LogP contribution in [0.1, 0.15) is 28.5 Å². The van der Waals surface area contributed by atoms with Crippen molar-refractivity contribution in [2.24, 2.45) is 0 Å². The van der Waals surface area contributed by atoms with E-state index in [0.29, 0.717) is 11.1 Å². The van der Waals surface area contributed by atoms with E-state index in [1.165, 1.54) is 6.92 Å². The van der Waals surface area contributed by atoms with Crippen molar-refractivity contribution in [3.63, 3.8) is 0 Å². The van der Waals surface area contributed by atoms with Crippen molar-refractivity contribution in [3.8, 4) is 6.07 Å². The number of fused-ring (bicyclic) bond motifs is 1. The fourth-order valence-electron chi connectivity index (χ4n) is 1.89. The van der Waals surface area contributed by atoms with Gasteiger partial charge >= 0.3 is 0 Å². The van der Waals surface area contributed by atoms with Crippen LogP contribution in [0.5, 0.6) is 0 Å². The zero-order valence-corrected chi connectivity index (χ0v) is 8.59. The summed E-state index contributed by atoms with van der Waals surface area (Å²) >= 11 is 0. The standard InChI is InChI=1S/C12H10N2O/c1-7-11(8(2)15)10-5-3-4-9(6-13)12(10)14-7/h3-5,14H,1-2H3. The van der Waals surface area contributed by atoms with Gasteiger partial charge in [-0.1, -0.05) is 12.1 Å². The minimum absolute atomic E-state index is 0.0221. The van der Waals surface area contributed by atoms with Gasteiger partial charge in [-0.2, -0.15) is 5.26 Å². The highest BCUT2D eigenvalue weighted by Crippen LogP contribution is 2.24. The molecule has 3 nitrogen and oxygen atoms in total. The van der Waals surface area contributed by atoms with Crippen LogP contribution in [-0.2, 0) is 0 Å². The molecule has 0 unspecified atom stereocenters. The molecule has 3 heteroatoms. The molecule has 0 aliphatic rings. The molecule has 0 spiro atoms. The van der Waals surface area contributed by atoms with Crippen LogP contribution in [0.3, 0.4) is 0 Å². The first-order valence-electron chi connectivity index (χ1n) is 4.67. The van der Waals surface area contributed by atoms with Crippen LogP contribution in [0.15, 0.2) is 18.2 Å². The Kier molecular flexibility index (Phi) is 2.05. The van der Waals surface area contributed by atoms with Crippen LogP contribution in [0, 0.1) is 18.3 Å². The van der Waals surface area contributed by atoms with Crippen molar-refractivity contribution >= 4 is 16.7 Å². The number of carbonyl (C=O) groups is 1. The summed E-state index contributed by atoms with van der Waals surface area (Å²) in [4.78, 5) is 14.5. The number of nitrogens with zero attached hydrogens (tertiary/aromatic N) is 1. The quantitative estimate of drug-likeness (QED) is 0.716. The lowest BCUT2D eigenvalue weighted by molar-refractivity contribution is 0.101. The van der Waals surface area contributed by atoms with Crippen molar-refractivity contribution < 1.29 is 4.79 Å². The molecule has 15 heavy (non-hydrogen) atoms. The van der Waals surface area contributed by atoms with E-state index in [1.54, 1.807) is 12.1 Å². The number of benzene rings is 1. The monoisotopic (exact) mass is 198 g/mol. The van der Waals surface area contributed by atoms with Crippen LogP contribution >= 0.6 is 0 Å². The van der Waals surface area contributed by atoms with Gasteiger partial charge in [0.25, 0.3) is 0 Å². The molecule has 0 amide bonds. The Hall–Kier alpha value is -2.08. The summed E-state index contributed by atoms with van der Waals surface area (Å²) in [6, 6.07) is 7.49. The smallest absolute Gasteiger partial charge is 0.162 e. The van der Waals surface area contributed by atoms with Crippen LogP contribution in [0.25, 0.3) is 10.9 Å². The molecule has 1 aromatic carbocycles. The second kappa shape index (κ2) is 3.25. The first-order valence-corrected chi connectivity index (χ1v) is 4.67. The summed E-state index contributed by atoms with van der Waals surface area (Å²) in [6.07, 6.45) is 0. The fourth-order valence-corrected chi connectivity index (χ4v) is 1.89. The predicted octanol–water partition coefficient (Wildman–Crippen LogP) is 2.55. The molecule has 1 aromatic heterocycles. The highest BCUT2D eigenvalue weighted by Gasteiger charge is 2.13. The van der Waals surface area contributed by atoms with E-state index in [4.69, 9.17) is 5.26 Å². The van der Waals surface area contributed by atoms with Gasteiger partial charge in [-0.15, -0.1) is 0 Å². The van der Waals surface area contributed by atoms with Crippen molar-refractivity contribution in [2.45, 2.75) is 13.8 Å². The minimum Gasteiger partial charge on any atom is -0.357 e. The van der Waals surface area contributed by atoms with E-state index in [2.05, 4.69) is 11.1 Å².